The highest BCUT2D eigenvalue weighted by atomic mass is 32.2. The number of carbonyl (C=O) groups is 1. The van der Waals surface area contributed by atoms with Crippen LogP contribution in [0.4, 0.5) is 5.69 Å². The Kier molecular flexibility index (Phi) is 3.80. The van der Waals surface area contributed by atoms with E-state index >= 15 is 0 Å². The summed E-state index contributed by atoms with van der Waals surface area (Å²) in [4.78, 5) is 21.8. The van der Waals surface area contributed by atoms with E-state index in [4.69, 9.17) is 5.73 Å². The van der Waals surface area contributed by atoms with Crippen LogP contribution in [-0.4, -0.2) is 25.6 Å². The number of nitrogens with two attached hydrogens (primary N) is 1. The molecule has 0 unspecified atom stereocenters. The molecule has 0 radical (unpaired) electrons. The van der Waals surface area contributed by atoms with Crippen molar-refractivity contribution in [3.63, 3.8) is 0 Å². The van der Waals surface area contributed by atoms with Crippen LogP contribution in [0.1, 0.15) is 34.8 Å². The second-order valence-electron chi connectivity index (χ2n) is 5.01. The first-order chi connectivity index (χ1) is 10.6. The normalized spacial score (nSPS) is 14.0. The average Bonchev–Trinajstić information content (AvgIpc) is 3.23. The Morgan fingerprint density at radius 3 is 2.91 bits per heavy atom. The maximum atomic E-state index is 11.2. The van der Waals surface area contributed by atoms with Crippen molar-refractivity contribution in [2.24, 2.45) is 5.73 Å². The number of carbonyl (C=O) groups excluding carboxylic acids is 1. The summed E-state index contributed by atoms with van der Waals surface area (Å²) < 4.78 is 1.99. The first-order valence-corrected chi connectivity index (χ1v) is 7.64. The maximum absolute atomic E-state index is 11.2. The molecule has 1 fully saturated rings. The third-order valence-corrected chi connectivity index (χ3v) is 4.41. The smallest absolute Gasteiger partial charge is 0.274 e. The molecule has 1 aromatic heterocycles. The number of aromatic nitrogens is 3. The molecule has 8 nitrogen and oxygen atoms in total. The molecule has 114 valence electrons. The van der Waals surface area contributed by atoms with Crippen molar-refractivity contribution < 1.29 is 9.72 Å². The maximum Gasteiger partial charge on any atom is 0.274 e. The zero-order chi connectivity index (χ0) is 15.7. The molecule has 1 aliphatic rings. The van der Waals surface area contributed by atoms with Crippen LogP contribution in [0.15, 0.2) is 29.7 Å². The first-order valence-electron chi connectivity index (χ1n) is 6.65. The molecule has 0 spiro atoms. The molecule has 1 aromatic carbocycles. The number of nitro benzene ring substituents is 1. The number of amides is 1. The molecule has 2 aromatic rings. The SMILES string of the molecule is NC(=O)c1ccc(CSc2nncn2C2CC2)c([N+](=O)[O-])c1. The number of hydrogen-bond acceptors (Lipinski definition) is 6. The largest absolute Gasteiger partial charge is 0.366 e. The highest BCUT2D eigenvalue weighted by Crippen LogP contribution is 2.38. The molecule has 1 amide bonds. The van der Waals surface area contributed by atoms with Crippen molar-refractivity contribution >= 4 is 23.4 Å². The molecule has 2 N–H and O–H groups in total. The Morgan fingerprint density at radius 2 is 2.27 bits per heavy atom. The number of benzene rings is 1. The van der Waals surface area contributed by atoms with Crippen LogP contribution >= 0.6 is 11.8 Å². The molecule has 3 rings (SSSR count). The molecule has 1 aliphatic carbocycles. The lowest BCUT2D eigenvalue weighted by Gasteiger charge is -2.06. The lowest BCUT2D eigenvalue weighted by atomic mass is 10.1. The summed E-state index contributed by atoms with van der Waals surface area (Å²) in [7, 11) is 0. The molecule has 1 heterocycles. The summed E-state index contributed by atoms with van der Waals surface area (Å²) in [5.41, 5.74) is 5.69. The molecule has 0 bridgehead atoms. The second-order valence-corrected chi connectivity index (χ2v) is 5.95. The van der Waals surface area contributed by atoms with Gasteiger partial charge in [0.05, 0.1) is 4.92 Å². The fourth-order valence-corrected chi connectivity index (χ4v) is 3.07. The number of primary amides is 1. The van der Waals surface area contributed by atoms with Gasteiger partial charge in [-0.25, -0.2) is 0 Å². The summed E-state index contributed by atoms with van der Waals surface area (Å²) in [5, 5.41) is 19.8. The summed E-state index contributed by atoms with van der Waals surface area (Å²) in [6.45, 7) is 0. The van der Waals surface area contributed by atoms with Crippen molar-refractivity contribution in [1.29, 1.82) is 0 Å². The van der Waals surface area contributed by atoms with Gasteiger partial charge in [-0.1, -0.05) is 17.8 Å². The van der Waals surface area contributed by atoms with Gasteiger partial charge >= 0.3 is 0 Å². The quantitative estimate of drug-likeness (QED) is 0.494. The van der Waals surface area contributed by atoms with Crippen molar-refractivity contribution in [1.82, 2.24) is 14.8 Å². The number of thioether (sulfide) groups is 1. The zero-order valence-corrected chi connectivity index (χ0v) is 12.3. The Morgan fingerprint density at radius 1 is 1.50 bits per heavy atom. The van der Waals surface area contributed by atoms with E-state index in [1.807, 2.05) is 4.57 Å². The topological polar surface area (TPSA) is 117 Å². The van der Waals surface area contributed by atoms with Crippen LogP contribution in [0.3, 0.4) is 0 Å². The number of rotatable bonds is 6. The molecule has 0 aliphatic heterocycles. The van der Waals surface area contributed by atoms with Gasteiger partial charge in [0.1, 0.15) is 6.33 Å². The molecular weight excluding hydrogens is 306 g/mol. The average molecular weight is 319 g/mol. The predicted molar refractivity (Wildman–Crippen MR) is 79.5 cm³/mol. The summed E-state index contributed by atoms with van der Waals surface area (Å²) >= 11 is 1.39. The lowest BCUT2D eigenvalue weighted by molar-refractivity contribution is -0.385. The standard InChI is InChI=1S/C13H13N5O3S/c14-12(19)8-1-2-9(11(5-8)18(20)21)6-22-13-16-15-7-17(13)10-3-4-10/h1-2,5,7,10H,3-4,6H2,(H2,14,19). The molecule has 9 heteroatoms. The van der Waals surface area contributed by atoms with E-state index in [0.717, 1.165) is 18.0 Å². The third-order valence-electron chi connectivity index (χ3n) is 3.40. The zero-order valence-electron chi connectivity index (χ0n) is 11.5. The van der Waals surface area contributed by atoms with Gasteiger partial charge in [0, 0.05) is 29.0 Å². The van der Waals surface area contributed by atoms with E-state index in [0.29, 0.717) is 17.4 Å². The van der Waals surface area contributed by atoms with Gasteiger partial charge < -0.3 is 10.3 Å². The molecular formula is C13H13N5O3S. The molecule has 22 heavy (non-hydrogen) atoms. The van der Waals surface area contributed by atoms with E-state index in [-0.39, 0.29) is 11.3 Å². The van der Waals surface area contributed by atoms with E-state index in [1.54, 1.807) is 12.4 Å². The highest BCUT2D eigenvalue weighted by Gasteiger charge is 2.26. The minimum absolute atomic E-state index is 0.110. The van der Waals surface area contributed by atoms with Gasteiger partial charge in [-0.2, -0.15) is 0 Å². The fraction of sp³-hybridized carbons (Fsp3) is 0.308. The Hall–Kier alpha value is -2.42. The number of hydrogen-bond donors (Lipinski definition) is 1. The minimum atomic E-state index is -0.684. The van der Waals surface area contributed by atoms with E-state index in [1.165, 1.54) is 23.9 Å². The molecule has 0 saturated heterocycles. The van der Waals surface area contributed by atoms with Crippen LogP contribution in [-0.2, 0) is 5.75 Å². The summed E-state index contributed by atoms with van der Waals surface area (Å²) in [6.07, 6.45) is 3.91. The van der Waals surface area contributed by atoms with Crippen LogP contribution < -0.4 is 5.73 Å². The van der Waals surface area contributed by atoms with Crippen LogP contribution in [0, 0.1) is 10.1 Å². The van der Waals surface area contributed by atoms with Crippen LogP contribution in [0.5, 0.6) is 0 Å². The Bertz CT molecular complexity index is 741. The Balaban J connectivity index is 1.80. The first kappa shape index (κ1) is 14.5. The Labute approximate surface area is 129 Å². The van der Waals surface area contributed by atoms with Crippen LogP contribution in [0.25, 0.3) is 0 Å². The summed E-state index contributed by atoms with van der Waals surface area (Å²) in [6, 6.07) is 4.72. The van der Waals surface area contributed by atoms with Gasteiger partial charge in [-0.15, -0.1) is 10.2 Å². The van der Waals surface area contributed by atoms with Gasteiger partial charge in [0.15, 0.2) is 5.16 Å². The van der Waals surface area contributed by atoms with E-state index in [9.17, 15) is 14.9 Å². The minimum Gasteiger partial charge on any atom is -0.366 e. The van der Waals surface area contributed by atoms with Gasteiger partial charge in [0.25, 0.3) is 5.69 Å². The number of nitrogens with zero attached hydrogens (tertiary/aromatic N) is 4. The summed E-state index contributed by atoms with van der Waals surface area (Å²) in [5.74, 6) is -0.309. The van der Waals surface area contributed by atoms with Crippen molar-refractivity contribution in [2.45, 2.75) is 29.8 Å². The second kappa shape index (κ2) is 5.76. The van der Waals surface area contributed by atoms with E-state index < -0.39 is 10.8 Å². The van der Waals surface area contributed by atoms with E-state index in [2.05, 4.69) is 10.2 Å². The van der Waals surface area contributed by atoms with Crippen molar-refractivity contribution in [2.75, 3.05) is 0 Å². The molecule has 1 saturated carbocycles. The molecule has 0 atom stereocenters. The van der Waals surface area contributed by atoms with Crippen molar-refractivity contribution in [3.8, 4) is 0 Å². The van der Waals surface area contributed by atoms with Gasteiger partial charge in [-0.05, 0) is 18.9 Å². The van der Waals surface area contributed by atoms with Gasteiger partial charge in [0.2, 0.25) is 5.91 Å². The monoisotopic (exact) mass is 319 g/mol. The lowest BCUT2D eigenvalue weighted by Crippen LogP contribution is -2.11. The third kappa shape index (κ3) is 2.93. The van der Waals surface area contributed by atoms with Gasteiger partial charge in [-0.3, -0.25) is 14.9 Å². The number of nitro groups is 1. The van der Waals surface area contributed by atoms with Crippen molar-refractivity contribution in [3.05, 3.63) is 45.8 Å². The predicted octanol–water partition coefficient (Wildman–Crippen LogP) is 1.91. The highest BCUT2D eigenvalue weighted by molar-refractivity contribution is 7.98. The fourth-order valence-electron chi connectivity index (χ4n) is 2.09. The van der Waals surface area contributed by atoms with Crippen LogP contribution in [0.2, 0.25) is 0 Å².